The summed E-state index contributed by atoms with van der Waals surface area (Å²) in [6.45, 7) is 5.98. The summed E-state index contributed by atoms with van der Waals surface area (Å²) in [5.74, 6) is 1.79. The molecule has 0 spiro atoms. The van der Waals surface area contributed by atoms with Crippen LogP contribution in [0, 0.1) is 0 Å². The second kappa shape index (κ2) is 7.34. The van der Waals surface area contributed by atoms with Crippen molar-refractivity contribution in [1.82, 2.24) is 29.4 Å². The number of rotatable bonds is 5. The fourth-order valence-electron chi connectivity index (χ4n) is 3.65. The van der Waals surface area contributed by atoms with Crippen LogP contribution in [-0.4, -0.2) is 41.9 Å². The third-order valence-electron chi connectivity index (χ3n) is 5.05. The van der Waals surface area contributed by atoms with Crippen LogP contribution in [0.5, 0.6) is 0 Å². The van der Waals surface area contributed by atoms with Crippen molar-refractivity contribution in [3.8, 4) is 0 Å². The molecule has 7 heteroatoms. The summed E-state index contributed by atoms with van der Waals surface area (Å²) in [5, 5.41) is 13.1. The summed E-state index contributed by atoms with van der Waals surface area (Å²) >= 11 is 0. The van der Waals surface area contributed by atoms with E-state index in [9.17, 15) is 4.79 Å². The lowest BCUT2D eigenvalue weighted by molar-refractivity contribution is 0.0672. The molecule has 7 nitrogen and oxygen atoms in total. The van der Waals surface area contributed by atoms with E-state index in [1.165, 1.54) is 5.56 Å². The zero-order valence-electron chi connectivity index (χ0n) is 15.7. The van der Waals surface area contributed by atoms with Gasteiger partial charge in [0.15, 0.2) is 5.82 Å². The van der Waals surface area contributed by atoms with Gasteiger partial charge in [-0.15, -0.1) is 10.2 Å². The molecule has 0 saturated carbocycles. The van der Waals surface area contributed by atoms with Gasteiger partial charge in [-0.2, -0.15) is 5.10 Å². The number of fused-ring (bicyclic) bond motifs is 1. The third kappa shape index (κ3) is 3.49. The lowest BCUT2D eigenvalue weighted by atomic mass is 10.1. The predicted octanol–water partition coefficient (Wildman–Crippen LogP) is 2.50. The highest BCUT2D eigenvalue weighted by atomic mass is 16.2. The minimum Gasteiger partial charge on any atom is -0.328 e. The average molecular weight is 364 g/mol. The molecule has 0 radical (unpaired) electrons. The summed E-state index contributed by atoms with van der Waals surface area (Å²) in [5.41, 5.74) is 1.78. The molecule has 27 heavy (non-hydrogen) atoms. The minimum atomic E-state index is -0.0471. The third-order valence-corrected chi connectivity index (χ3v) is 5.05. The molecule has 0 fully saturated rings. The first kappa shape index (κ1) is 17.5. The zero-order chi connectivity index (χ0) is 18.8. The van der Waals surface area contributed by atoms with Gasteiger partial charge >= 0.3 is 0 Å². The average Bonchev–Trinajstić information content (AvgIpc) is 3.34. The number of benzene rings is 1. The molecule has 1 aliphatic rings. The van der Waals surface area contributed by atoms with Crippen molar-refractivity contribution in [2.45, 2.75) is 45.8 Å². The van der Waals surface area contributed by atoms with Gasteiger partial charge < -0.3 is 9.47 Å². The summed E-state index contributed by atoms with van der Waals surface area (Å²) in [7, 11) is 0. The highest BCUT2D eigenvalue weighted by Crippen LogP contribution is 2.23. The van der Waals surface area contributed by atoms with Gasteiger partial charge in [0, 0.05) is 25.7 Å². The van der Waals surface area contributed by atoms with Gasteiger partial charge in [-0.1, -0.05) is 30.3 Å². The van der Waals surface area contributed by atoms with Crippen LogP contribution in [0.25, 0.3) is 0 Å². The fraction of sp³-hybridized carbons (Fsp3) is 0.400. The summed E-state index contributed by atoms with van der Waals surface area (Å²) in [4.78, 5) is 14.6. The molecular weight excluding hydrogens is 340 g/mol. The monoisotopic (exact) mass is 364 g/mol. The SMILES string of the molecule is CCn1ccc(C(=O)N2Cc3nnc(CCc4ccccc4)n3[C@@H](C)C2)n1. The van der Waals surface area contributed by atoms with Gasteiger partial charge in [0.05, 0.1) is 12.6 Å². The van der Waals surface area contributed by atoms with E-state index in [0.29, 0.717) is 18.8 Å². The quantitative estimate of drug-likeness (QED) is 0.697. The Balaban J connectivity index is 1.48. The van der Waals surface area contributed by atoms with Crippen LogP contribution in [0.4, 0.5) is 0 Å². The Morgan fingerprint density at radius 1 is 1.15 bits per heavy atom. The van der Waals surface area contributed by atoms with E-state index in [1.54, 1.807) is 10.7 Å². The van der Waals surface area contributed by atoms with E-state index in [2.05, 4.69) is 51.1 Å². The molecule has 0 saturated heterocycles. The van der Waals surface area contributed by atoms with Gasteiger partial charge in [0.25, 0.3) is 5.91 Å². The maximum atomic E-state index is 12.8. The molecule has 2 aromatic heterocycles. The molecule has 1 amide bonds. The van der Waals surface area contributed by atoms with Gasteiger partial charge in [-0.05, 0) is 31.9 Å². The van der Waals surface area contributed by atoms with E-state index in [1.807, 2.05) is 24.1 Å². The van der Waals surface area contributed by atoms with E-state index in [-0.39, 0.29) is 11.9 Å². The maximum absolute atomic E-state index is 12.8. The molecule has 1 aromatic carbocycles. The Bertz CT molecular complexity index is 929. The van der Waals surface area contributed by atoms with Crippen molar-refractivity contribution in [3.05, 3.63) is 65.5 Å². The van der Waals surface area contributed by atoms with Crippen molar-refractivity contribution in [2.24, 2.45) is 0 Å². The smallest absolute Gasteiger partial charge is 0.274 e. The fourth-order valence-corrected chi connectivity index (χ4v) is 3.65. The van der Waals surface area contributed by atoms with Crippen LogP contribution in [0.3, 0.4) is 0 Å². The molecule has 140 valence electrons. The highest BCUT2D eigenvalue weighted by Gasteiger charge is 2.30. The molecule has 3 aromatic rings. The van der Waals surface area contributed by atoms with Gasteiger partial charge in [-0.3, -0.25) is 9.48 Å². The molecule has 1 atom stereocenters. The number of carbonyl (C=O) groups excluding carboxylic acids is 1. The van der Waals surface area contributed by atoms with Crippen molar-refractivity contribution in [2.75, 3.05) is 6.54 Å². The number of nitrogens with zero attached hydrogens (tertiary/aromatic N) is 6. The Morgan fingerprint density at radius 3 is 2.70 bits per heavy atom. The van der Waals surface area contributed by atoms with E-state index >= 15 is 0 Å². The first-order valence-corrected chi connectivity index (χ1v) is 9.45. The summed E-state index contributed by atoms with van der Waals surface area (Å²) in [6, 6.07) is 12.3. The van der Waals surface area contributed by atoms with Crippen LogP contribution in [-0.2, 0) is 25.9 Å². The number of hydrogen-bond donors (Lipinski definition) is 0. The Labute approximate surface area is 158 Å². The van der Waals surface area contributed by atoms with Gasteiger partial charge in [0.2, 0.25) is 0 Å². The first-order valence-electron chi connectivity index (χ1n) is 9.45. The second-order valence-corrected chi connectivity index (χ2v) is 6.98. The molecule has 0 unspecified atom stereocenters. The molecule has 0 bridgehead atoms. The number of aromatic nitrogens is 5. The first-order chi connectivity index (χ1) is 13.2. The maximum Gasteiger partial charge on any atom is 0.274 e. The van der Waals surface area contributed by atoms with Crippen LogP contribution in [0.2, 0.25) is 0 Å². The molecule has 0 N–H and O–H groups in total. The lowest BCUT2D eigenvalue weighted by Gasteiger charge is -2.32. The minimum absolute atomic E-state index is 0.0471. The van der Waals surface area contributed by atoms with Crippen molar-refractivity contribution in [3.63, 3.8) is 0 Å². The summed E-state index contributed by atoms with van der Waals surface area (Å²) < 4.78 is 3.96. The molecule has 0 aliphatic carbocycles. The van der Waals surface area contributed by atoms with E-state index < -0.39 is 0 Å². The van der Waals surface area contributed by atoms with Crippen LogP contribution >= 0.6 is 0 Å². The van der Waals surface area contributed by atoms with Crippen molar-refractivity contribution < 1.29 is 4.79 Å². The molecule has 3 heterocycles. The predicted molar refractivity (Wildman–Crippen MR) is 101 cm³/mol. The number of carbonyl (C=O) groups is 1. The lowest BCUT2D eigenvalue weighted by Crippen LogP contribution is -2.41. The second-order valence-electron chi connectivity index (χ2n) is 6.98. The van der Waals surface area contributed by atoms with Crippen LogP contribution in [0.15, 0.2) is 42.6 Å². The standard InChI is InChI=1S/C20H24N6O/c1-3-25-12-11-17(23-25)20(27)24-13-15(2)26-18(21-22-19(26)14-24)10-9-16-7-5-4-6-8-16/h4-8,11-12,15H,3,9-10,13-14H2,1-2H3/t15-/m0/s1. The normalized spacial score (nSPS) is 16.4. The number of aryl methyl sites for hydroxylation is 3. The van der Waals surface area contributed by atoms with Crippen LogP contribution < -0.4 is 0 Å². The van der Waals surface area contributed by atoms with Gasteiger partial charge in [0.1, 0.15) is 11.5 Å². The van der Waals surface area contributed by atoms with E-state index in [4.69, 9.17) is 0 Å². The van der Waals surface area contributed by atoms with Crippen molar-refractivity contribution >= 4 is 5.91 Å². The van der Waals surface area contributed by atoms with Gasteiger partial charge in [-0.25, -0.2) is 0 Å². The zero-order valence-corrected chi connectivity index (χ0v) is 15.7. The Kier molecular flexibility index (Phi) is 4.75. The number of hydrogen-bond acceptors (Lipinski definition) is 4. The van der Waals surface area contributed by atoms with Crippen molar-refractivity contribution in [1.29, 1.82) is 0 Å². The summed E-state index contributed by atoms with van der Waals surface area (Å²) in [6.07, 6.45) is 3.61. The topological polar surface area (TPSA) is 68.8 Å². The molecular formula is C20H24N6O. The van der Waals surface area contributed by atoms with E-state index in [0.717, 1.165) is 31.0 Å². The van der Waals surface area contributed by atoms with Crippen LogP contribution in [0.1, 0.15) is 47.6 Å². The Hall–Kier alpha value is -2.96. The Morgan fingerprint density at radius 2 is 1.96 bits per heavy atom. The molecule has 1 aliphatic heterocycles. The highest BCUT2D eigenvalue weighted by molar-refractivity contribution is 5.92. The molecule has 4 rings (SSSR count). The largest absolute Gasteiger partial charge is 0.328 e. The number of amides is 1.